The van der Waals surface area contributed by atoms with Crippen LogP contribution in [-0.2, 0) is 14.3 Å². The molecule has 1 aromatic heterocycles. The van der Waals surface area contributed by atoms with Gasteiger partial charge in [-0.15, -0.1) is 0 Å². The molecule has 27 heavy (non-hydrogen) atoms. The number of Topliss-reactive ketones (excluding diaryl/α,β-unsaturated/α-hetero) is 1. The Morgan fingerprint density at radius 2 is 1.93 bits per heavy atom. The molecule has 2 heterocycles. The van der Waals surface area contributed by atoms with E-state index in [-0.39, 0.29) is 29.4 Å². The molecule has 8 heteroatoms. The van der Waals surface area contributed by atoms with Crippen molar-refractivity contribution >= 4 is 17.4 Å². The average Bonchev–Trinajstić information content (AvgIpc) is 3.29. The number of carbonyl (C=O) groups excluding carboxylic acids is 2. The molecular weight excluding hydrogens is 354 g/mol. The van der Waals surface area contributed by atoms with E-state index >= 15 is 0 Å². The molecule has 2 atom stereocenters. The van der Waals surface area contributed by atoms with Gasteiger partial charge in [0.2, 0.25) is 5.78 Å². The van der Waals surface area contributed by atoms with Crippen LogP contribution in [0.15, 0.2) is 58.4 Å². The zero-order valence-electron chi connectivity index (χ0n) is 14.7. The van der Waals surface area contributed by atoms with E-state index in [0.717, 1.165) is 0 Å². The lowest BCUT2D eigenvalue weighted by atomic mass is 9.85. The first-order valence-corrected chi connectivity index (χ1v) is 8.30. The highest BCUT2D eigenvalue weighted by atomic mass is 16.6. The number of nitro benzene ring substituents is 1. The van der Waals surface area contributed by atoms with E-state index in [2.05, 4.69) is 0 Å². The van der Waals surface area contributed by atoms with Gasteiger partial charge in [0.05, 0.1) is 29.3 Å². The van der Waals surface area contributed by atoms with Gasteiger partial charge in [0.25, 0.3) is 5.69 Å². The summed E-state index contributed by atoms with van der Waals surface area (Å²) in [6.07, 6.45) is 0.340. The van der Waals surface area contributed by atoms with E-state index in [0.29, 0.717) is 5.56 Å². The number of furan rings is 1. The van der Waals surface area contributed by atoms with Gasteiger partial charge in [-0.3, -0.25) is 14.9 Å². The number of hydrogen-bond donors (Lipinski definition) is 0. The van der Waals surface area contributed by atoms with Crippen molar-refractivity contribution in [3.8, 4) is 0 Å². The molecule has 0 unspecified atom stereocenters. The van der Waals surface area contributed by atoms with Gasteiger partial charge in [-0.05, 0) is 31.5 Å². The molecule has 0 fully saturated rings. The lowest BCUT2D eigenvalue weighted by Crippen LogP contribution is -2.29. The summed E-state index contributed by atoms with van der Waals surface area (Å²) in [5.41, 5.74) is 0.658. The highest BCUT2D eigenvalue weighted by Crippen LogP contribution is 2.41. The number of hydrogen-bond acceptors (Lipinski definition) is 7. The van der Waals surface area contributed by atoms with Crippen LogP contribution < -0.4 is 0 Å². The summed E-state index contributed by atoms with van der Waals surface area (Å²) >= 11 is 0. The predicted octanol–water partition coefficient (Wildman–Crippen LogP) is 3.39. The Morgan fingerprint density at radius 1 is 1.22 bits per heavy atom. The zero-order chi connectivity index (χ0) is 19.6. The second kappa shape index (κ2) is 7.45. The van der Waals surface area contributed by atoms with Gasteiger partial charge in [0.1, 0.15) is 5.76 Å². The maximum Gasteiger partial charge on any atom is 0.338 e. The SMILES string of the molecule is CCOC(=O)C1=C(C)O[C@@H](C(=O)c2ccco2)[C@@H]1c1ccc([N+](=O)[O-])cc1. The van der Waals surface area contributed by atoms with Crippen molar-refractivity contribution < 1.29 is 28.4 Å². The minimum Gasteiger partial charge on any atom is -0.485 e. The van der Waals surface area contributed by atoms with Crippen LogP contribution in [0.1, 0.15) is 35.9 Å². The Morgan fingerprint density at radius 3 is 2.48 bits per heavy atom. The molecule has 0 spiro atoms. The van der Waals surface area contributed by atoms with Gasteiger partial charge in [-0.2, -0.15) is 0 Å². The normalized spacial score (nSPS) is 18.9. The lowest BCUT2D eigenvalue weighted by Gasteiger charge is -2.19. The first-order chi connectivity index (χ1) is 12.9. The van der Waals surface area contributed by atoms with Crippen LogP contribution >= 0.6 is 0 Å². The molecular formula is C19H17NO7. The molecule has 140 valence electrons. The van der Waals surface area contributed by atoms with Crippen LogP contribution in [0.25, 0.3) is 0 Å². The highest BCUT2D eigenvalue weighted by Gasteiger charge is 2.45. The molecule has 0 radical (unpaired) electrons. The van der Waals surface area contributed by atoms with Crippen LogP contribution in [0.5, 0.6) is 0 Å². The number of carbonyl (C=O) groups is 2. The van der Waals surface area contributed by atoms with E-state index in [1.807, 2.05) is 0 Å². The Hall–Kier alpha value is -3.42. The molecule has 0 saturated heterocycles. The molecule has 8 nitrogen and oxygen atoms in total. The lowest BCUT2D eigenvalue weighted by molar-refractivity contribution is -0.384. The first kappa shape index (κ1) is 18.4. The number of benzene rings is 1. The summed E-state index contributed by atoms with van der Waals surface area (Å²) in [5, 5.41) is 10.9. The Labute approximate surface area is 154 Å². The summed E-state index contributed by atoms with van der Waals surface area (Å²) < 4.78 is 16.0. The van der Waals surface area contributed by atoms with Crippen LogP contribution in [-0.4, -0.2) is 29.4 Å². The maximum absolute atomic E-state index is 12.8. The Balaban J connectivity index is 2.03. The fourth-order valence-electron chi connectivity index (χ4n) is 3.08. The third-order valence-electron chi connectivity index (χ3n) is 4.28. The second-order valence-electron chi connectivity index (χ2n) is 5.90. The number of rotatable bonds is 6. The van der Waals surface area contributed by atoms with Crippen LogP contribution in [0, 0.1) is 10.1 Å². The number of allylic oxidation sites excluding steroid dienone is 1. The first-order valence-electron chi connectivity index (χ1n) is 8.30. The molecule has 0 amide bonds. The largest absolute Gasteiger partial charge is 0.485 e. The molecule has 0 bridgehead atoms. The van der Waals surface area contributed by atoms with Crippen molar-refractivity contribution in [1.82, 2.24) is 0 Å². The standard InChI is InChI=1S/C19H17NO7/c1-3-25-19(22)15-11(2)27-18(17(21)14-5-4-10-26-14)16(15)12-6-8-13(9-7-12)20(23)24/h4-10,16,18H,3H2,1-2H3/t16-,18-/m1/s1. The van der Waals surface area contributed by atoms with Crippen LogP contribution in [0.3, 0.4) is 0 Å². The minimum atomic E-state index is -1.03. The quantitative estimate of drug-likeness (QED) is 0.331. The third kappa shape index (κ3) is 3.46. The molecule has 0 N–H and O–H groups in total. The molecule has 2 aromatic rings. The summed E-state index contributed by atoms with van der Waals surface area (Å²) in [4.78, 5) is 35.7. The topological polar surface area (TPSA) is 109 Å². The number of esters is 1. The number of nitrogens with zero attached hydrogens (tertiary/aromatic N) is 1. The molecule has 1 aliphatic heterocycles. The van der Waals surface area contributed by atoms with Crippen molar-refractivity contribution in [3.63, 3.8) is 0 Å². The van der Waals surface area contributed by atoms with Crippen molar-refractivity contribution in [2.75, 3.05) is 6.61 Å². The molecule has 1 aliphatic rings. The third-order valence-corrected chi connectivity index (χ3v) is 4.28. The average molecular weight is 371 g/mol. The van der Waals surface area contributed by atoms with Gasteiger partial charge < -0.3 is 13.9 Å². The predicted molar refractivity (Wildman–Crippen MR) is 93.1 cm³/mol. The van der Waals surface area contributed by atoms with E-state index in [1.54, 1.807) is 19.9 Å². The van der Waals surface area contributed by atoms with E-state index in [1.165, 1.54) is 36.6 Å². The number of ether oxygens (including phenoxy) is 2. The smallest absolute Gasteiger partial charge is 0.338 e. The molecule has 1 aromatic carbocycles. The Kier molecular flexibility index (Phi) is 5.07. The van der Waals surface area contributed by atoms with E-state index in [9.17, 15) is 19.7 Å². The van der Waals surface area contributed by atoms with Gasteiger partial charge in [0.15, 0.2) is 11.9 Å². The number of ketones is 1. The van der Waals surface area contributed by atoms with Crippen LogP contribution in [0.2, 0.25) is 0 Å². The zero-order valence-corrected chi connectivity index (χ0v) is 14.7. The van der Waals surface area contributed by atoms with Gasteiger partial charge in [0, 0.05) is 12.1 Å². The maximum atomic E-state index is 12.8. The monoisotopic (exact) mass is 371 g/mol. The van der Waals surface area contributed by atoms with E-state index in [4.69, 9.17) is 13.9 Å². The second-order valence-corrected chi connectivity index (χ2v) is 5.90. The Bertz CT molecular complexity index is 897. The van der Waals surface area contributed by atoms with Crippen molar-refractivity contribution in [3.05, 3.63) is 75.4 Å². The van der Waals surface area contributed by atoms with Crippen LogP contribution in [0.4, 0.5) is 5.69 Å². The number of nitro groups is 1. The van der Waals surface area contributed by atoms with Crippen molar-refractivity contribution in [2.24, 2.45) is 0 Å². The highest BCUT2D eigenvalue weighted by molar-refractivity contribution is 6.01. The van der Waals surface area contributed by atoms with Crippen molar-refractivity contribution in [1.29, 1.82) is 0 Å². The van der Waals surface area contributed by atoms with E-state index < -0.39 is 28.7 Å². The van der Waals surface area contributed by atoms with Crippen molar-refractivity contribution in [2.45, 2.75) is 25.9 Å². The number of non-ortho nitro benzene ring substituents is 1. The fourth-order valence-corrected chi connectivity index (χ4v) is 3.08. The summed E-state index contributed by atoms with van der Waals surface area (Å²) in [7, 11) is 0. The molecule has 0 aliphatic carbocycles. The fraction of sp³-hybridized carbons (Fsp3) is 0.263. The molecule has 3 rings (SSSR count). The van der Waals surface area contributed by atoms with Gasteiger partial charge >= 0.3 is 5.97 Å². The summed E-state index contributed by atoms with van der Waals surface area (Å²) in [6, 6.07) is 8.74. The minimum absolute atomic E-state index is 0.0926. The summed E-state index contributed by atoms with van der Waals surface area (Å²) in [6.45, 7) is 3.43. The van der Waals surface area contributed by atoms with Gasteiger partial charge in [-0.1, -0.05) is 12.1 Å². The molecule has 0 saturated carbocycles. The summed E-state index contributed by atoms with van der Waals surface area (Å²) in [5.74, 6) is -1.40. The van der Waals surface area contributed by atoms with Gasteiger partial charge in [-0.25, -0.2) is 4.79 Å².